The van der Waals surface area contributed by atoms with Gasteiger partial charge in [-0.1, -0.05) is 41.4 Å². The lowest BCUT2D eigenvalue weighted by molar-refractivity contribution is 0.0697. The van der Waals surface area contributed by atoms with E-state index in [1.54, 1.807) is 12.1 Å². The minimum Gasteiger partial charge on any atom is -0.478 e. The fourth-order valence-corrected chi connectivity index (χ4v) is 1.94. The molecule has 0 saturated heterocycles. The van der Waals surface area contributed by atoms with Crippen LogP contribution in [0.25, 0.3) is 11.1 Å². The Morgan fingerprint density at radius 3 is 2.53 bits per heavy atom. The Bertz CT molecular complexity index is 576. The molecule has 2 aromatic rings. The van der Waals surface area contributed by atoms with E-state index in [1.807, 2.05) is 31.2 Å². The summed E-state index contributed by atoms with van der Waals surface area (Å²) >= 11 is 5.92. The number of carbonyl (C=O) groups is 1. The van der Waals surface area contributed by atoms with E-state index in [2.05, 4.69) is 0 Å². The number of hydrogen-bond donors (Lipinski definition) is 1. The topological polar surface area (TPSA) is 37.3 Å². The summed E-state index contributed by atoms with van der Waals surface area (Å²) in [5.74, 6) is -0.971. The number of rotatable bonds is 2. The van der Waals surface area contributed by atoms with E-state index in [4.69, 9.17) is 16.7 Å². The molecule has 0 spiro atoms. The summed E-state index contributed by atoms with van der Waals surface area (Å²) in [4.78, 5) is 10.9. The predicted molar refractivity (Wildman–Crippen MR) is 68.6 cm³/mol. The minimum absolute atomic E-state index is 0.203. The second kappa shape index (κ2) is 4.60. The molecule has 86 valence electrons. The van der Waals surface area contributed by atoms with Gasteiger partial charge in [-0.2, -0.15) is 0 Å². The van der Waals surface area contributed by atoms with Crippen molar-refractivity contribution < 1.29 is 9.90 Å². The molecule has 0 bridgehead atoms. The lowest BCUT2D eigenvalue weighted by atomic mass is 10.0. The van der Waals surface area contributed by atoms with E-state index in [9.17, 15) is 4.79 Å². The van der Waals surface area contributed by atoms with Gasteiger partial charge in [-0.05, 0) is 36.2 Å². The fraction of sp³-hybridized carbons (Fsp3) is 0.0714. The van der Waals surface area contributed by atoms with E-state index in [1.165, 1.54) is 6.07 Å². The highest BCUT2D eigenvalue weighted by Crippen LogP contribution is 2.25. The molecule has 0 amide bonds. The van der Waals surface area contributed by atoms with E-state index >= 15 is 0 Å². The van der Waals surface area contributed by atoms with Crippen LogP contribution in [0, 0.1) is 6.92 Å². The zero-order chi connectivity index (χ0) is 12.4. The van der Waals surface area contributed by atoms with E-state index < -0.39 is 5.97 Å². The number of carboxylic acid groups (broad SMARTS) is 1. The van der Waals surface area contributed by atoms with Crippen molar-refractivity contribution in [2.75, 3.05) is 0 Å². The van der Waals surface area contributed by atoms with Crippen molar-refractivity contribution in [3.05, 3.63) is 58.6 Å². The van der Waals surface area contributed by atoms with Crippen molar-refractivity contribution in [3.63, 3.8) is 0 Å². The smallest absolute Gasteiger partial charge is 0.335 e. The first-order valence-electron chi connectivity index (χ1n) is 5.17. The molecule has 0 fully saturated rings. The van der Waals surface area contributed by atoms with E-state index in [-0.39, 0.29) is 5.56 Å². The average molecular weight is 247 g/mol. The van der Waals surface area contributed by atoms with Gasteiger partial charge in [0, 0.05) is 5.02 Å². The molecular weight excluding hydrogens is 236 g/mol. The van der Waals surface area contributed by atoms with Gasteiger partial charge < -0.3 is 5.11 Å². The summed E-state index contributed by atoms with van der Waals surface area (Å²) in [6.07, 6.45) is 0. The number of benzene rings is 2. The molecule has 0 aromatic heterocycles. The van der Waals surface area contributed by atoms with Crippen LogP contribution in [0.15, 0.2) is 42.5 Å². The first-order valence-corrected chi connectivity index (χ1v) is 5.55. The number of aryl methyl sites for hydroxylation is 1. The maximum absolute atomic E-state index is 10.9. The Labute approximate surface area is 104 Å². The fourth-order valence-electron chi connectivity index (χ4n) is 1.70. The largest absolute Gasteiger partial charge is 0.478 e. The molecule has 2 rings (SSSR count). The molecule has 0 unspecified atom stereocenters. The van der Waals surface area contributed by atoms with Crippen LogP contribution in [0.1, 0.15) is 15.9 Å². The van der Waals surface area contributed by atoms with Gasteiger partial charge in [0.25, 0.3) is 0 Å². The molecule has 0 saturated carbocycles. The third kappa shape index (κ3) is 2.66. The Morgan fingerprint density at radius 2 is 1.88 bits per heavy atom. The second-order valence-electron chi connectivity index (χ2n) is 3.90. The first-order chi connectivity index (χ1) is 8.06. The van der Waals surface area contributed by atoms with Crippen molar-refractivity contribution in [1.29, 1.82) is 0 Å². The highest BCUT2D eigenvalue weighted by Gasteiger charge is 2.07. The predicted octanol–water partition coefficient (Wildman–Crippen LogP) is 4.01. The summed E-state index contributed by atoms with van der Waals surface area (Å²) in [6.45, 7) is 1.99. The zero-order valence-corrected chi connectivity index (χ0v) is 10.0. The van der Waals surface area contributed by atoms with Gasteiger partial charge in [0.05, 0.1) is 5.56 Å². The zero-order valence-electron chi connectivity index (χ0n) is 9.27. The maximum Gasteiger partial charge on any atom is 0.335 e. The van der Waals surface area contributed by atoms with Gasteiger partial charge in [-0.25, -0.2) is 4.79 Å². The third-order valence-electron chi connectivity index (χ3n) is 2.50. The molecule has 3 heteroatoms. The van der Waals surface area contributed by atoms with Crippen LogP contribution in [-0.2, 0) is 0 Å². The van der Waals surface area contributed by atoms with Crippen LogP contribution >= 0.6 is 11.6 Å². The summed E-state index contributed by atoms with van der Waals surface area (Å²) in [5.41, 5.74) is 3.11. The molecule has 0 atom stereocenters. The van der Waals surface area contributed by atoms with Crippen molar-refractivity contribution in [3.8, 4) is 11.1 Å². The summed E-state index contributed by atoms with van der Waals surface area (Å²) in [6, 6.07) is 12.7. The number of halogens is 1. The standard InChI is InChI=1S/C14H11ClO2/c1-9-3-2-4-10(5-9)11-6-12(14(16)17)8-13(15)7-11/h2-8H,1H3,(H,16,17). The second-order valence-corrected chi connectivity index (χ2v) is 4.34. The molecule has 0 heterocycles. The Balaban J connectivity index is 2.56. The summed E-state index contributed by atoms with van der Waals surface area (Å²) < 4.78 is 0. The normalized spacial score (nSPS) is 10.2. The lowest BCUT2D eigenvalue weighted by Crippen LogP contribution is -1.96. The van der Waals surface area contributed by atoms with E-state index in [0.717, 1.165) is 16.7 Å². The Hall–Kier alpha value is -1.80. The monoisotopic (exact) mass is 246 g/mol. The number of carboxylic acids is 1. The molecule has 2 nitrogen and oxygen atoms in total. The molecule has 0 aliphatic heterocycles. The van der Waals surface area contributed by atoms with Crippen LogP contribution in [0.3, 0.4) is 0 Å². The third-order valence-corrected chi connectivity index (χ3v) is 2.71. The number of aromatic carboxylic acids is 1. The summed E-state index contributed by atoms with van der Waals surface area (Å²) in [5, 5.41) is 9.41. The molecular formula is C14H11ClO2. The molecule has 0 radical (unpaired) electrons. The van der Waals surface area contributed by atoms with Crippen LogP contribution in [-0.4, -0.2) is 11.1 Å². The van der Waals surface area contributed by atoms with Crippen molar-refractivity contribution >= 4 is 17.6 Å². The molecule has 1 N–H and O–H groups in total. The van der Waals surface area contributed by atoms with Crippen molar-refractivity contribution in [2.45, 2.75) is 6.92 Å². The highest BCUT2D eigenvalue weighted by molar-refractivity contribution is 6.31. The minimum atomic E-state index is -0.971. The van der Waals surface area contributed by atoms with Crippen LogP contribution in [0.4, 0.5) is 0 Å². The molecule has 17 heavy (non-hydrogen) atoms. The van der Waals surface area contributed by atoms with Crippen molar-refractivity contribution in [1.82, 2.24) is 0 Å². The quantitative estimate of drug-likeness (QED) is 0.869. The maximum atomic E-state index is 10.9. The lowest BCUT2D eigenvalue weighted by Gasteiger charge is -2.05. The van der Waals surface area contributed by atoms with Crippen LogP contribution in [0.5, 0.6) is 0 Å². The van der Waals surface area contributed by atoms with Gasteiger partial charge in [0.15, 0.2) is 0 Å². The van der Waals surface area contributed by atoms with Gasteiger partial charge in [-0.3, -0.25) is 0 Å². The molecule has 0 aliphatic carbocycles. The van der Waals surface area contributed by atoms with E-state index in [0.29, 0.717) is 5.02 Å². The van der Waals surface area contributed by atoms with Crippen LogP contribution < -0.4 is 0 Å². The highest BCUT2D eigenvalue weighted by atomic mass is 35.5. The summed E-state index contributed by atoms with van der Waals surface area (Å²) in [7, 11) is 0. The van der Waals surface area contributed by atoms with Gasteiger partial charge in [-0.15, -0.1) is 0 Å². The molecule has 0 aliphatic rings. The Kier molecular flexibility index (Phi) is 3.16. The SMILES string of the molecule is Cc1cccc(-c2cc(Cl)cc(C(=O)O)c2)c1. The van der Waals surface area contributed by atoms with Gasteiger partial charge in [0.2, 0.25) is 0 Å². The van der Waals surface area contributed by atoms with Gasteiger partial charge >= 0.3 is 5.97 Å². The number of hydrogen-bond acceptors (Lipinski definition) is 1. The van der Waals surface area contributed by atoms with Crippen molar-refractivity contribution in [2.24, 2.45) is 0 Å². The molecule has 2 aromatic carbocycles. The van der Waals surface area contributed by atoms with Crippen LogP contribution in [0.2, 0.25) is 5.02 Å². The first kappa shape index (κ1) is 11.7. The van der Waals surface area contributed by atoms with Gasteiger partial charge in [0.1, 0.15) is 0 Å². The average Bonchev–Trinajstić information content (AvgIpc) is 2.28. The Morgan fingerprint density at radius 1 is 1.12 bits per heavy atom.